The van der Waals surface area contributed by atoms with Crippen LogP contribution in [0, 0.1) is 0 Å². The lowest BCUT2D eigenvalue weighted by molar-refractivity contribution is 0.785. The summed E-state index contributed by atoms with van der Waals surface area (Å²) in [5, 5.41) is 6.56. The molecule has 4 heteroatoms. The maximum Gasteiger partial charge on any atom is 0.191 e. The molecule has 2 N–H and O–H groups in total. The largest absolute Gasteiger partial charge is 0.357 e. The zero-order valence-electron chi connectivity index (χ0n) is 13.8. The molecule has 0 aromatic heterocycles. The minimum absolute atomic E-state index is 0. The number of guanidine groups is 1. The van der Waals surface area contributed by atoms with Gasteiger partial charge in [0.25, 0.3) is 0 Å². The fraction of sp³-hybridized carbons (Fsp3) is 0.316. The summed E-state index contributed by atoms with van der Waals surface area (Å²) >= 11 is 0. The maximum atomic E-state index is 4.75. The average molecular weight is 423 g/mol. The predicted molar refractivity (Wildman–Crippen MR) is 110 cm³/mol. The number of aliphatic imine (C=N–C) groups is 1. The number of halogens is 1. The zero-order chi connectivity index (χ0) is 15.6. The second-order valence-electron chi connectivity index (χ2n) is 5.12. The van der Waals surface area contributed by atoms with E-state index < -0.39 is 0 Å². The summed E-state index contributed by atoms with van der Waals surface area (Å²) in [5.74, 6) is 1.15. The minimum atomic E-state index is 0. The van der Waals surface area contributed by atoms with Gasteiger partial charge in [-0.3, -0.25) is 4.99 Å². The van der Waals surface area contributed by atoms with Gasteiger partial charge in [0.05, 0.1) is 6.54 Å². The van der Waals surface area contributed by atoms with Gasteiger partial charge in [0.2, 0.25) is 0 Å². The highest BCUT2D eigenvalue weighted by molar-refractivity contribution is 14.0. The number of hydrogen-bond donors (Lipinski definition) is 2. The van der Waals surface area contributed by atoms with E-state index in [2.05, 4.69) is 85.1 Å². The Hall–Kier alpha value is -1.56. The first-order valence-electron chi connectivity index (χ1n) is 7.97. The lowest BCUT2D eigenvalue weighted by Crippen LogP contribution is -2.37. The van der Waals surface area contributed by atoms with E-state index in [1.807, 2.05) is 0 Å². The van der Waals surface area contributed by atoms with Gasteiger partial charge in [-0.25, -0.2) is 0 Å². The third-order valence-corrected chi connectivity index (χ3v) is 3.52. The molecule has 0 aliphatic carbocycles. The van der Waals surface area contributed by atoms with Crippen molar-refractivity contribution in [1.82, 2.24) is 10.6 Å². The van der Waals surface area contributed by atoms with Crippen LogP contribution in [-0.4, -0.2) is 25.6 Å². The Kier molecular flexibility index (Phi) is 9.36. The molecule has 0 bridgehead atoms. The van der Waals surface area contributed by atoms with Gasteiger partial charge in [-0.1, -0.05) is 60.7 Å². The molecule has 2 aromatic carbocycles. The van der Waals surface area contributed by atoms with Gasteiger partial charge < -0.3 is 10.6 Å². The first-order chi connectivity index (χ1) is 10.8. The Balaban J connectivity index is 0.00000264. The summed E-state index contributed by atoms with van der Waals surface area (Å²) in [6.07, 6.45) is 0. The van der Waals surface area contributed by atoms with Crippen LogP contribution in [0.5, 0.6) is 0 Å². The van der Waals surface area contributed by atoms with E-state index in [0.29, 0.717) is 0 Å². The Morgan fingerprint density at radius 2 is 1.26 bits per heavy atom. The molecule has 0 aliphatic rings. The fourth-order valence-corrected chi connectivity index (χ4v) is 2.47. The summed E-state index contributed by atoms with van der Waals surface area (Å²) in [6.45, 7) is 6.63. The van der Waals surface area contributed by atoms with E-state index in [4.69, 9.17) is 4.99 Å². The van der Waals surface area contributed by atoms with Crippen LogP contribution < -0.4 is 10.6 Å². The molecule has 2 rings (SSSR count). The predicted octanol–water partition coefficient (Wildman–Crippen LogP) is 4.01. The number of nitrogens with one attached hydrogen (secondary N) is 2. The second-order valence-corrected chi connectivity index (χ2v) is 5.12. The van der Waals surface area contributed by atoms with E-state index >= 15 is 0 Å². The molecule has 0 saturated heterocycles. The molecule has 23 heavy (non-hydrogen) atoms. The molecule has 0 spiro atoms. The molecule has 124 valence electrons. The normalized spacial score (nSPS) is 9.87. The number of nitrogens with zero attached hydrogens (tertiary/aromatic N) is 1. The molecule has 0 aliphatic heterocycles. The van der Waals surface area contributed by atoms with Crippen LogP contribution in [0.1, 0.15) is 30.9 Å². The fourth-order valence-electron chi connectivity index (χ4n) is 2.47. The first kappa shape index (κ1) is 19.5. The zero-order valence-corrected chi connectivity index (χ0v) is 16.2. The third-order valence-electron chi connectivity index (χ3n) is 3.52. The van der Waals surface area contributed by atoms with Crippen LogP contribution >= 0.6 is 24.0 Å². The lowest BCUT2D eigenvalue weighted by Gasteiger charge is -2.17. The third kappa shape index (κ3) is 6.22. The van der Waals surface area contributed by atoms with E-state index in [0.717, 1.165) is 25.6 Å². The van der Waals surface area contributed by atoms with Gasteiger partial charge in [-0.15, -0.1) is 24.0 Å². The van der Waals surface area contributed by atoms with Crippen LogP contribution in [-0.2, 0) is 0 Å². The molecule has 0 radical (unpaired) electrons. The summed E-state index contributed by atoms with van der Waals surface area (Å²) in [5.41, 5.74) is 2.59. The van der Waals surface area contributed by atoms with Gasteiger partial charge in [0, 0.05) is 19.0 Å². The highest BCUT2D eigenvalue weighted by Gasteiger charge is 2.13. The second kappa shape index (κ2) is 11.0. The van der Waals surface area contributed by atoms with E-state index in [1.165, 1.54) is 11.1 Å². The van der Waals surface area contributed by atoms with Crippen LogP contribution in [0.15, 0.2) is 65.7 Å². The van der Waals surface area contributed by atoms with Crippen molar-refractivity contribution in [2.75, 3.05) is 19.6 Å². The van der Waals surface area contributed by atoms with Crippen molar-refractivity contribution in [2.45, 2.75) is 19.8 Å². The van der Waals surface area contributed by atoms with Crippen LogP contribution in [0.2, 0.25) is 0 Å². The van der Waals surface area contributed by atoms with Crippen molar-refractivity contribution >= 4 is 29.9 Å². The van der Waals surface area contributed by atoms with E-state index in [9.17, 15) is 0 Å². The Morgan fingerprint density at radius 1 is 0.826 bits per heavy atom. The molecule has 2 aromatic rings. The van der Waals surface area contributed by atoms with Gasteiger partial charge in [-0.2, -0.15) is 0 Å². The minimum Gasteiger partial charge on any atom is -0.357 e. The molecule has 0 unspecified atom stereocenters. The van der Waals surface area contributed by atoms with Crippen molar-refractivity contribution in [3.05, 3.63) is 71.8 Å². The number of rotatable bonds is 6. The van der Waals surface area contributed by atoms with Gasteiger partial charge in [0.15, 0.2) is 5.96 Å². The molecule has 3 nitrogen and oxygen atoms in total. The van der Waals surface area contributed by atoms with Gasteiger partial charge in [0.1, 0.15) is 0 Å². The van der Waals surface area contributed by atoms with Crippen molar-refractivity contribution < 1.29 is 0 Å². The highest BCUT2D eigenvalue weighted by Crippen LogP contribution is 2.24. The highest BCUT2D eigenvalue weighted by atomic mass is 127. The molecule has 0 saturated carbocycles. The maximum absolute atomic E-state index is 4.75. The molecule has 0 atom stereocenters. The van der Waals surface area contributed by atoms with E-state index in [-0.39, 0.29) is 29.9 Å². The Bertz CT molecular complexity index is 522. The van der Waals surface area contributed by atoms with E-state index in [1.54, 1.807) is 0 Å². The summed E-state index contributed by atoms with van der Waals surface area (Å²) in [7, 11) is 0. The molecular formula is C19H26IN3. The Morgan fingerprint density at radius 3 is 1.65 bits per heavy atom. The number of benzene rings is 2. The summed E-state index contributed by atoms with van der Waals surface area (Å²) < 4.78 is 0. The van der Waals surface area contributed by atoms with Crippen molar-refractivity contribution in [1.29, 1.82) is 0 Å². The number of hydrogen-bond acceptors (Lipinski definition) is 1. The monoisotopic (exact) mass is 423 g/mol. The van der Waals surface area contributed by atoms with Crippen molar-refractivity contribution in [2.24, 2.45) is 4.99 Å². The Labute approximate surface area is 156 Å². The van der Waals surface area contributed by atoms with Crippen LogP contribution in [0.25, 0.3) is 0 Å². The average Bonchev–Trinajstić information content (AvgIpc) is 2.57. The quantitative estimate of drug-likeness (QED) is 0.419. The van der Waals surface area contributed by atoms with Crippen LogP contribution in [0.3, 0.4) is 0 Å². The first-order valence-corrected chi connectivity index (χ1v) is 7.97. The van der Waals surface area contributed by atoms with Gasteiger partial charge >= 0.3 is 0 Å². The standard InChI is InChI=1S/C19H25N3.HI/c1-3-20-19(21-4-2)22-15-18(16-11-7-5-8-12-16)17-13-9-6-10-14-17;/h5-14,18H,3-4,15H2,1-2H3,(H2,20,21,22);1H. The molecular weight excluding hydrogens is 397 g/mol. The van der Waals surface area contributed by atoms with Crippen LogP contribution in [0.4, 0.5) is 0 Å². The summed E-state index contributed by atoms with van der Waals surface area (Å²) in [4.78, 5) is 4.75. The molecule has 0 amide bonds. The van der Waals surface area contributed by atoms with Gasteiger partial charge in [-0.05, 0) is 25.0 Å². The molecule has 0 heterocycles. The summed E-state index contributed by atoms with van der Waals surface area (Å²) in [6, 6.07) is 21.2. The topological polar surface area (TPSA) is 36.4 Å². The van der Waals surface area contributed by atoms with Crippen molar-refractivity contribution in [3.63, 3.8) is 0 Å². The molecule has 0 fully saturated rings. The smallest absolute Gasteiger partial charge is 0.191 e. The SMILES string of the molecule is CCNC(=NCC(c1ccccc1)c1ccccc1)NCC.I. The van der Waals surface area contributed by atoms with Crippen molar-refractivity contribution in [3.8, 4) is 0 Å². The lowest BCUT2D eigenvalue weighted by atomic mass is 9.91.